The number of rotatable bonds is 4. The van der Waals surface area contributed by atoms with Gasteiger partial charge in [-0.05, 0) is 50.9 Å². The van der Waals surface area contributed by atoms with Crippen molar-refractivity contribution in [1.82, 2.24) is 0 Å². The van der Waals surface area contributed by atoms with Crippen LogP contribution in [0.3, 0.4) is 0 Å². The van der Waals surface area contributed by atoms with Crippen molar-refractivity contribution in [3.63, 3.8) is 0 Å². The van der Waals surface area contributed by atoms with E-state index in [1.165, 1.54) is 44.9 Å². The highest BCUT2D eigenvalue weighted by molar-refractivity contribution is 5.72. The zero-order valence-electron chi connectivity index (χ0n) is 12.0. The second-order valence-electron chi connectivity index (χ2n) is 6.34. The maximum absolute atomic E-state index is 12.2. The molecule has 0 aliphatic heterocycles. The minimum absolute atomic E-state index is 0.0475. The molecule has 0 heterocycles. The summed E-state index contributed by atoms with van der Waals surface area (Å²) in [6.07, 6.45) is 12.1. The summed E-state index contributed by atoms with van der Waals surface area (Å²) in [6.45, 7) is 4.06. The summed E-state index contributed by atoms with van der Waals surface area (Å²) in [5, 5.41) is 0. The predicted molar refractivity (Wildman–Crippen MR) is 73.3 cm³/mol. The van der Waals surface area contributed by atoms with E-state index < -0.39 is 0 Å². The van der Waals surface area contributed by atoms with Crippen molar-refractivity contribution in [2.75, 3.05) is 0 Å². The van der Waals surface area contributed by atoms with E-state index in [0.717, 1.165) is 19.3 Å². The van der Waals surface area contributed by atoms with E-state index >= 15 is 0 Å². The van der Waals surface area contributed by atoms with Crippen LogP contribution in [0.2, 0.25) is 0 Å². The Labute approximate surface area is 111 Å². The molecule has 0 aromatic rings. The molecule has 104 valence electrons. The van der Waals surface area contributed by atoms with Gasteiger partial charge in [-0.3, -0.25) is 4.79 Å². The van der Waals surface area contributed by atoms with E-state index in [1.54, 1.807) is 0 Å². The summed E-state index contributed by atoms with van der Waals surface area (Å²) in [5.74, 6) is 0.752. The van der Waals surface area contributed by atoms with Crippen molar-refractivity contribution >= 4 is 5.97 Å². The van der Waals surface area contributed by atoms with Crippen LogP contribution in [0.5, 0.6) is 0 Å². The van der Waals surface area contributed by atoms with E-state index in [9.17, 15) is 4.79 Å². The molecule has 0 aromatic heterocycles. The zero-order chi connectivity index (χ0) is 13.0. The number of carbonyl (C=O) groups excluding carboxylic acids is 1. The second-order valence-corrected chi connectivity index (χ2v) is 6.34. The third kappa shape index (κ3) is 2.89. The van der Waals surface area contributed by atoms with E-state index in [2.05, 4.69) is 6.92 Å². The molecule has 0 N–H and O–H groups in total. The summed E-state index contributed by atoms with van der Waals surface area (Å²) in [4.78, 5) is 12.2. The summed E-state index contributed by atoms with van der Waals surface area (Å²) in [7, 11) is 0. The number of carbonyl (C=O) groups is 1. The maximum Gasteiger partial charge on any atom is 0.309 e. The molecule has 0 saturated heterocycles. The van der Waals surface area contributed by atoms with Crippen LogP contribution in [0, 0.1) is 11.8 Å². The van der Waals surface area contributed by atoms with E-state index in [-0.39, 0.29) is 17.5 Å². The molecular weight excluding hydrogens is 224 g/mol. The minimum Gasteiger partial charge on any atom is -0.459 e. The molecule has 2 rings (SSSR count). The Bertz CT molecular complexity index is 273. The molecular formula is C16H28O2. The van der Waals surface area contributed by atoms with Crippen LogP contribution >= 0.6 is 0 Å². The van der Waals surface area contributed by atoms with E-state index in [4.69, 9.17) is 4.74 Å². The molecule has 2 aliphatic rings. The van der Waals surface area contributed by atoms with Gasteiger partial charge in [0.2, 0.25) is 0 Å². The van der Waals surface area contributed by atoms with Gasteiger partial charge in [0.25, 0.3) is 0 Å². The number of ether oxygens (including phenoxy) is 1. The largest absolute Gasteiger partial charge is 0.459 e. The van der Waals surface area contributed by atoms with Crippen molar-refractivity contribution in [2.45, 2.75) is 83.7 Å². The van der Waals surface area contributed by atoms with Crippen LogP contribution in [0.1, 0.15) is 78.1 Å². The lowest BCUT2D eigenvalue weighted by molar-refractivity contribution is -0.175. The lowest BCUT2D eigenvalue weighted by atomic mass is 9.74. The predicted octanol–water partition coefficient (Wildman–Crippen LogP) is 4.47. The fourth-order valence-electron chi connectivity index (χ4n) is 3.66. The molecule has 2 saturated carbocycles. The number of hydrogen-bond acceptors (Lipinski definition) is 2. The van der Waals surface area contributed by atoms with Crippen LogP contribution in [0.4, 0.5) is 0 Å². The Balaban J connectivity index is 2.06. The number of esters is 1. The van der Waals surface area contributed by atoms with Gasteiger partial charge in [-0.25, -0.2) is 0 Å². The average molecular weight is 252 g/mol. The molecule has 0 spiro atoms. The van der Waals surface area contributed by atoms with Gasteiger partial charge in [-0.1, -0.05) is 33.1 Å². The normalized spacial score (nSPS) is 25.9. The molecule has 1 unspecified atom stereocenters. The SMILES string of the molecule is CCC(C)C(=O)OC1(C2CCCC2)CCCCC1. The maximum atomic E-state index is 12.2. The lowest BCUT2D eigenvalue weighted by Gasteiger charge is -2.42. The van der Waals surface area contributed by atoms with Gasteiger partial charge in [-0.15, -0.1) is 0 Å². The molecule has 2 heteroatoms. The van der Waals surface area contributed by atoms with Crippen LogP contribution in [-0.2, 0) is 9.53 Å². The van der Waals surface area contributed by atoms with Gasteiger partial charge in [0, 0.05) is 0 Å². The van der Waals surface area contributed by atoms with E-state index in [1.807, 2.05) is 6.92 Å². The van der Waals surface area contributed by atoms with Gasteiger partial charge in [0.15, 0.2) is 0 Å². The van der Waals surface area contributed by atoms with Crippen LogP contribution in [0.25, 0.3) is 0 Å². The lowest BCUT2D eigenvalue weighted by Crippen LogP contribution is -2.44. The van der Waals surface area contributed by atoms with Gasteiger partial charge in [0.1, 0.15) is 5.60 Å². The monoisotopic (exact) mass is 252 g/mol. The molecule has 0 bridgehead atoms. The fourth-order valence-corrected chi connectivity index (χ4v) is 3.66. The first-order valence-electron chi connectivity index (χ1n) is 7.91. The Morgan fingerprint density at radius 2 is 1.78 bits per heavy atom. The highest BCUT2D eigenvalue weighted by Gasteiger charge is 2.44. The smallest absolute Gasteiger partial charge is 0.309 e. The Kier molecular flexibility index (Phi) is 4.69. The quantitative estimate of drug-likeness (QED) is 0.690. The standard InChI is InChI=1S/C16H28O2/c1-3-13(2)15(17)18-16(11-7-4-8-12-16)14-9-5-6-10-14/h13-14H,3-12H2,1-2H3. The fraction of sp³-hybridized carbons (Fsp3) is 0.938. The Hall–Kier alpha value is -0.530. The van der Waals surface area contributed by atoms with Crippen molar-refractivity contribution in [3.05, 3.63) is 0 Å². The first-order chi connectivity index (χ1) is 8.68. The third-order valence-corrected chi connectivity index (χ3v) is 5.12. The first-order valence-corrected chi connectivity index (χ1v) is 7.91. The first kappa shape index (κ1) is 13.9. The highest BCUT2D eigenvalue weighted by atomic mass is 16.6. The Morgan fingerprint density at radius 3 is 2.33 bits per heavy atom. The van der Waals surface area contributed by atoms with E-state index in [0.29, 0.717) is 5.92 Å². The molecule has 18 heavy (non-hydrogen) atoms. The average Bonchev–Trinajstić information content (AvgIpc) is 2.93. The minimum atomic E-state index is -0.0880. The van der Waals surface area contributed by atoms with Gasteiger partial charge >= 0.3 is 5.97 Å². The Morgan fingerprint density at radius 1 is 1.17 bits per heavy atom. The van der Waals surface area contributed by atoms with Crippen LogP contribution < -0.4 is 0 Å². The summed E-state index contributed by atoms with van der Waals surface area (Å²) < 4.78 is 6.08. The molecule has 0 amide bonds. The molecule has 2 fully saturated rings. The topological polar surface area (TPSA) is 26.3 Å². The van der Waals surface area contributed by atoms with Crippen molar-refractivity contribution in [2.24, 2.45) is 11.8 Å². The van der Waals surface area contributed by atoms with Crippen molar-refractivity contribution in [1.29, 1.82) is 0 Å². The van der Waals surface area contributed by atoms with Gasteiger partial charge in [0.05, 0.1) is 5.92 Å². The molecule has 2 nitrogen and oxygen atoms in total. The third-order valence-electron chi connectivity index (χ3n) is 5.12. The summed E-state index contributed by atoms with van der Waals surface area (Å²) >= 11 is 0. The van der Waals surface area contributed by atoms with Gasteiger partial charge in [-0.2, -0.15) is 0 Å². The van der Waals surface area contributed by atoms with Crippen molar-refractivity contribution < 1.29 is 9.53 Å². The van der Waals surface area contributed by atoms with Crippen LogP contribution in [0.15, 0.2) is 0 Å². The summed E-state index contributed by atoms with van der Waals surface area (Å²) in [6, 6.07) is 0. The van der Waals surface area contributed by atoms with Crippen LogP contribution in [-0.4, -0.2) is 11.6 Å². The molecule has 0 radical (unpaired) electrons. The van der Waals surface area contributed by atoms with Gasteiger partial charge < -0.3 is 4.74 Å². The molecule has 1 atom stereocenters. The number of hydrogen-bond donors (Lipinski definition) is 0. The second kappa shape index (κ2) is 6.08. The highest BCUT2D eigenvalue weighted by Crippen LogP contribution is 2.45. The molecule has 2 aliphatic carbocycles. The van der Waals surface area contributed by atoms with Crippen molar-refractivity contribution in [3.8, 4) is 0 Å². The summed E-state index contributed by atoms with van der Waals surface area (Å²) in [5.41, 5.74) is -0.0880. The molecule has 0 aromatic carbocycles. The zero-order valence-corrected chi connectivity index (χ0v) is 12.0.